The van der Waals surface area contributed by atoms with Crippen LogP contribution in [0.2, 0.25) is 10.0 Å². The highest BCUT2D eigenvalue weighted by Gasteiger charge is 2.09. The molecule has 16 heavy (non-hydrogen) atoms. The molecule has 0 aromatic carbocycles. The van der Waals surface area contributed by atoms with E-state index in [0.29, 0.717) is 40.3 Å². The standard InChI is InChI=1S/C10H11Cl3N2O/c1-6-7(12)5-8(13)10(14-6)15-9(16)3-2-4-11/h5H,2-4H2,1H3,(H,14,15,16). The van der Waals surface area contributed by atoms with Gasteiger partial charge in [0.1, 0.15) is 0 Å². The van der Waals surface area contributed by atoms with Crippen molar-refractivity contribution < 1.29 is 4.79 Å². The lowest BCUT2D eigenvalue weighted by atomic mass is 10.3. The fourth-order valence-electron chi connectivity index (χ4n) is 1.07. The number of hydrogen-bond donors (Lipinski definition) is 1. The number of alkyl halides is 1. The van der Waals surface area contributed by atoms with Gasteiger partial charge in [0.25, 0.3) is 0 Å². The molecule has 6 heteroatoms. The quantitative estimate of drug-likeness (QED) is 0.856. The lowest BCUT2D eigenvalue weighted by molar-refractivity contribution is -0.116. The number of rotatable bonds is 4. The number of nitrogens with one attached hydrogen (secondary N) is 1. The van der Waals surface area contributed by atoms with Gasteiger partial charge in [0.15, 0.2) is 5.82 Å². The van der Waals surface area contributed by atoms with Crippen LogP contribution in [0.3, 0.4) is 0 Å². The van der Waals surface area contributed by atoms with E-state index in [9.17, 15) is 4.79 Å². The molecule has 0 saturated heterocycles. The SMILES string of the molecule is Cc1nc(NC(=O)CCCCl)c(Cl)cc1Cl. The summed E-state index contributed by atoms with van der Waals surface area (Å²) in [5, 5.41) is 3.42. The molecule has 1 heterocycles. The smallest absolute Gasteiger partial charge is 0.225 e. The van der Waals surface area contributed by atoms with Crippen LogP contribution in [-0.2, 0) is 4.79 Å². The first kappa shape index (κ1) is 13.6. The first-order valence-electron chi connectivity index (χ1n) is 4.73. The number of carbonyl (C=O) groups excluding carboxylic acids is 1. The highest BCUT2D eigenvalue weighted by molar-refractivity contribution is 6.36. The Morgan fingerprint density at radius 3 is 2.75 bits per heavy atom. The molecule has 1 amide bonds. The van der Waals surface area contributed by atoms with Gasteiger partial charge >= 0.3 is 0 Å². The maximum atomic E-state index is 11.4. The Morgan fingerprint density at radius 1 is 1.44 bits per heavy atom. The van der Waals surface area contributed by atoms with Crippen molar-refractivity contribution in [2.24, 2.45) is 0 Å². The average Bonchev–Trinajstić information content (AvgIpc) is 2.23. The van der Waals surface area contributed by atoms with Crippen LogP contribution in [0.15, 0.2) is 6.07 Å². The van der Waals surface area contributed by atoms with Gasteiger partial charge in [-0.2, -0.15) is 0 Å². The summed E-state index contributed by atoms with van der Waals surface area (Å²) in [6.07, 6.45) is 0.973. The van der Waals surface area contributed by atoms with Crippen molar-refractivity contribution in [1.82, 2.24) is 4.98 Å². The van der Waals surface area contributed by atoms with E-state index < -0.39 is 0 Å². The van der Waals surface area contributed by atoms with Crippen LogP contribution in [-0.4, -0.2) is 16.8 Å². The summed E-state index contributed by atoms with van der Waals surface area (Å²) in [6, 6.07) is 1.56. The van der Waals surface area contributed by atoms with E-state index in [2.05, 4.69) is 10.3 Å². The number of amides is 1. The van der Waals surface area contributed by atoms with Crippen molar-refractivity contribution >= 4 is 46.5 Å². The molecule has 0 aliphatic rings. The van der Waals surface area contributed by atoms with Gasteiger partial charge < -0.3 is 5.32 Å². The van der Waals surface area contributed by atoms with Gasteiger partial charge in [0.05, 0.1) is 15.7 Å². The zero-order valence-electron chi connectivity index (χ0n) is 8.69. The van der Waals surface area contributed by atoms with Crippen LogP contribution in [0.1, 0.15) is 18.5 Å². The van der Waals surface area contributed by atoms with Crippen molar-refractivity contribution in [3.63, 3.8) is 0 Å². The van der Waals surface area contributed by atoms with Crippen molar-refractivity contribution in [2.75, 3.05) is 11.2 Å². The van der Waals surface area contributed by atoms with Gasteiger partial charge in [0, 0.05) is 12.3 Å². The normalized spacial score (nSPS) is 10.2. The Balaban J connectivity index is 2.73. The molecular formula is C10H11Cl3N2O. The molecule has 0 fully saturated rings. The van der Waals surface area contributed by atoms with E-state index in [1.165, 1.54) is 0 Å². The lowest BCUT2D eigenvalue weighted by Gasteiger charge is -2.07. The molecule has 1 aromatic rings. The van der Waals surface area contributed by atoms with Crippen LogP contribution >= 0.6 is 34.8 Å². The summed E-state index contributed by atoms with van der Waals surface area (Å²) in [6.45, 7) is 1.74. The second kappa shape index (κ2) is 6.28. The van der Waals surface area contributed by atoms with Crippen molar-refractivity contribution in [2.45, 2.75) is 19.8 Å². The molecule has 88 valence electrons. The van der Waals surface area contributed by atoms with Gasteiger partial charge in [-0.05, 0) is 19.4 Å². The minimum Gasteiger partial charge on any atom is -0.309 e. The van der Waals surface area contributed by atoms with E-state index in [0.717, 1.165) is 0 Å². The summed E-state index contributed by atoms with van der Waals surface area (Å²) in [7, 11) is 0. The zero-order chi connectivity index (χ0) is 12.1. The predicted molar refractivity (Wildman–Crippen MR) is 67.6 cm³/mol. The zero-order valence-corrected chi connectivity index (χ0v) is 11.0. The fourth-order valence-corrected chi connectivity index (χ4v) is 1.61. The molecule has 0 aliphatic heterocycles. The highest BCUT2D eigenvalue weighted by atomic mass is 35.5. The van der Waals surface area contributed by atoms with Crippen molar-refractivity contribution in [1.29, 1.82) is 0 Å². The highest BCUT2D eigenvalue weighted by Crippen LogP contribution is 2.25. The number of aromatic nitrogens is 1. The summed E-state index contributed by atoms with van der Waals surface area (Å²) in [5.41, 5.74) is 0.624. The monoisotopic (exact) mass is 280 g/mol. The second-order valence-electron chi connectivity index (χ2n) is 3.23. The van der Waals surface area contributed by atoms with Gasteiger partial charge in [0.2, 0.25) is 5.91 Å². The minimum absolute atomic E-state index is 0.156. The molecule has 1 aromatic heterocycles. The van der Waals surface area contributed by atoms with Crippen LogP contribution in [0.25, 0.3) is 0 Å². The molecule has 0 saturated carbocycles. The van der Waals surface area contributed by atoms with Crippen LogP contribution in [0, 0.1) is 6.92 Å². The second-order valence-corrected chi connectivity index (χ2v) is 4.42. The van der Waals surface area contributed by atoms with E-state index >= 15 is 0 Å². The Hall–Kier alpha value is -0.510. The maximum Gasteiger partial charge on any atom is 0.225 e. The van der Waals surface area contributed by atoms with Gasteiger partial charge in [-0.1, -0.05) is 23.2 Å². The van der Waals surface area contributed by atoms with E-state index in [4.69, 9.17) is 34.8 Å². The number of hydrogen-bond acceptors (Lipinski definition) is 2. The minimum atomic E-state index is -0.156. The number of nitrogens with zero attached hydrogens (tertiary/aromatic N) is 1. The first-order valence-corrected chi connectivity index (χ1v) is 6.02. The summed E-state index contributed by atoms with van der Waals surface area (Å²) in [4.78, 5) is 15.5. The maximum absolute atomic E-state index is 11.4. The molecule has 0 radical (unpaired) electrons. The van der Waals surface area contributed by atoms with Crippen LogP contribution < -0.4 is 5.32 Å². The average molecular weight is 282 g/mol. The van der Waals surface area contributed by atoms with Gasteiger partial charge in [-0.25, -0.2) is 4.98 Å². The number of halogens is 3. The van der Waals surface area contributed by atoms with Crippen molar-refractivity contribution in [3.05, 3.63) is 21.8 Å². The summed E-state index contributed by atoms with van der Waals surface area (Å²) < 4.78 is 0. The molecule has 0 aliphatic carbocycles. The Morgan fingerprint density at radius 2 is 2.12 bits per heavy atom. The summed E-state index contributed by atoms with van der Waals surface area (Å²) >= 11 is 17.2. The number of aryl methyl sites for hydroxylation is 1. The lowest BCUT2D eigenvalue weighted by Crippen LogP contribution is -2.13. The van der Waals surface area contributed by atoms with Crippen LogP contribution in [0.4, 0.5) is 5.82 Å². The van der Waals surface area contributed by atoms with Crippen molar-refractivity contribution in [3.8, 4) is 0 Å². The molecule has 0 atom stereocenters. The molecule has 3 nitrogen and oxygen atoms in total. The molecule has 1 rings (SSSR count). The first-order chi connectivity index (χ1) is 7.54. The predicted octanol–water partition coefficient (Wildman–Crippen LogP) is 3.65. The Bertz CT molecular complexity index is 396. The number of carbonyl (C=O) groups is 1. The summed E-state index contributed by atoms with van der Waals surface area (Å²) in [5.74, 6) is 0.633. The molecule has 0 spiro atoms. The Labute approximate surface area is 109 Å². The fraction of sp³-hybridized carbons (Fsp3) is 0.400. The molecule has 0 unspecified atom stereocenters. The molecular weight excluding hydrogens is 270 g/mol. The largest absolute Gasteiger partial charge is 0.309 e. The topological polar surface area (TPSA) is 42.0 Å². The Kier molecular flexibility index (Phi) is 5.32. The molecule has 1 N–H and O–H groups in total. The number of anilines is 1. The third-order valence-electron chi connectivity index (χ3n) is 1.90. The third kappa shape index (κ3) is 3.81. The van der Waals surface area contributed by atoms with E-state index in [1.54, 1.807) is 13.0 Å². The van der Waals surface area contributed by atoms with Crippen LogP contribution in [0.5, 0.6) is 0 Å². The van der Waals surface area contributed by atoms with Gasteiger partial charge in [-0.15, -0.1) is 11.6 Å². The molecule has 0 bridgehead atoms. The van der Waals surface area contributed by atoms with E-state index in [-0.39, 0.29) is 5.91 Å². The van der Waals surface area contributed by atoms with Gasteiger partial charge in [-0.3, -0.25) is 4.79 Å². The third-order valence-corrected chi connectivity index (χ3v) is 2.84. The van der Waals surface area contributed by atoms with E-state index in [1.807, 2.05) is 0 Å². The number of pyridine rings is 1.